The fraction of sp³-hybridized carbons (Fsp3) is 0.588. The summed E-state index contributed by atoms with van der Waals surface area (Å²) in [4.78, 5) is 14.5. The van der Waals surface area contributed by atoms with E-state index in [0.29, 0.717) is 24.3 Å². The van der Waals surface area contributed by atoms with E-state index in [-0.39, 0.29) is 12.3 Å². The van der Waals surface area contributed by atoms with Gasteiger partial charge < -0.3 is 9.64 Å². The van der Waals surface area contributed by atoms with E-state index in [9.17, 15) is 18.0 Å². The number of carbonyl (C=O) groups is 1. The minimum absolute atomic E-state index is 0.229. The average Bonchev–Trinajstić information content (AvgIpc) is 2.66. The molecule has 0 saturated carbocycles. The van der Waals surface area contributed by atoms with Crippen molar-refractivity contribution in [1.29, 1.82) is 0 Å². The van der Waals surface area contributed by atoms with Crippen molar-refractivity contribution in [3.63, 3.8) is 0 Å². The van der Waals surface area contributed by atoms with Gasteiger partial charge in [0.05, 0.1) is 12.5 Å². The molecule has 2 rings (SSSR count). The lowest BCUT2D eigenvalue weighted by Crippen LogP contribution is -2.44. The lowest BCUT2D eigenvalue weighted by molar-refractivity contribution is -0.146. The van der Waals surface area contributed by atoms with Gasteiger partial charge in [0.1, 0.15) is 5.75 Å². The first kappa shape index (κ1) is 17.6. The van der Waals surface area contributed by atoms with Gasteiger partial charge in [-0.1, -0.05) is 18.6 Å². The highest BCUT2D eigenvalue weighted by Gasteiger charge is 2.45. The Morgan fingerprint density at radius 1 is 1.30 bits per heavy atom. The third-order valence-electron chi connectivity index (χ3n) is 4.56. The van der Waals surface area contributed by atoms with Crippen LogP contribution in [0.15, 0.2) is 24.3 Å². The Bertz CT molecular complexity index is 559. The summed E-state index contributed by atoms with van der Waals surface area (Å²) in [5, 5.41) is 0. The molecule has 0 spiro atoms. The number of likely N-dealkylation sites (tertiary alicyclic amines) is 1. The molecular weight excluding hydrogens is 307 g/mol. The molecule has 1 heterocycles. The molecule has 1 aliphatic heterocycles. The lowest BCUT2D eigenvalue weighted by Gasteiger charge is -2.35. The molecule has 0 aromatic heterocycles. The molecule has 1 aromatic carbocycles. The van der Waals surface area contributed by atoms with E-state index in [1.54, 1.807) is 36.2 Å². The van der Waals surface area contributed by atoms with Crippen LogP contribution < -0.4 is 4.74 Å². The van der Waals surface area contributed by atoms with E-state index in [4.69, 9.17) is 4.74 Å². The number of alkyl halides is 3. The Balaban J connectivity index is 2.46. The first-order chi connectivity index (χ1) is 10.8. The van der Waals surface area contributed by atoms with Crippen LogP contribution in [-0.2, 0) is 10.2 Å². The summed E-state index contributed by atoms with van der Waals surface area (Å²) in [6.45, 7) is 0.580. The van der Waals surface area contributed by atoms with Crippen LogP contribution in [0.2, 0.25) is 0 Å². The van der Waals surface area contributed by atoms with Gasteiger partial charge in [-0.15, -0.1) is 0 Å². The highest BCUT2D eigenvalue weighted by Crippen LogP contribution is 2.41. The number of likely N-dealkylation sites (N-methyl/N-ethyl adjacent to an activating group) is 1. The van der Waals surface area contributed by atoms with Crippen LogP contribution in [0.3, 0.4) is 0 Å². The van der Waals surface area contributed by atoms with Gasteiger partial charge in [0.2, 0.25) is 5.91 Å². The quantitative estimate of drug-likeness (QED) is 0.838. The number of hydrogen-bond acceptors (Lipinski definition) is 2. The van der Waals surface area contributed by atoms with Crippen LogP contribution >= 0.6 is 0 Å². The van der Waals surface area contributed by atoms with Crippen molar-refractivity contribution >= 4 is 5.91 Å². The average molecular weight is 329 g/mol. The van der Waals surface area contributed by atoms with Gasteiger partial charge in [0.25, 0.3) is 0 Å². The standard InChI is InChI=1S/C17H22F3NO2/c1-21-11-4-3-8-16(15(21)22,9-10-17(18,19)20)13-6-5-7-14(12-13)23-2/h5-7,12H,3-4,8-11H2,1-2H3/t16-/m0/s1. The van der Waals surface area contributed by atoms with E-state index in [0.717, 1.165) is 12.8 Å². The van der Waals surface area contributed by atoms with E-state index >= 15 is 0 Å². The summed E-state index contributed by atoms with van der Waals surface area (Å²) in [5.41, 5.74) is -0.519. The third-order valence-corrected chi connectivity index (χ3v) is 4.56. The minimum atomic E-state index is -4.28. The summed E-state index contributed by atoms with van der Waals surface area (Å²) >= 11 is 0. The molecule has 3 nitrogen and oxygen atoms in total. The molecule has 0 N–H and O–H groups in total. The maximum Gasteiger partial charge on any atom is 0.389 e. The second kappa shape index (κ2) is 6.81. The topological polar surface area (TPSA) is 29.5 Å². The fourth-order valence-corrected chi connectivity index (χ4v) is 3.27. The van der Waals surface area contributed by atoms with Crippen LogP contribution in [0.5, 0.6) is 5.75 Å². The van der Waals surface area contributed by atoms with Gasteiger partial charge in [-0.05, 0) is 37.0 Å². The van der Waals surface area contributed by atoms with E-state index in [1.165, 1.54) is 7.11 Å². The number of nitrogens with zero attached hydrogens (tertiary/aromatic N) is 1. The summed E-state index contributed by atoms with van der Waals surface area (Å²) in [7, 11) is 3.17. The van der Waals surface area contributed by atoms with Crippen molar-refractivity contribution in [2.45, 2.75) is 43.7 Å². The molecule has 0 bridgehead atoms. The maximum absolute atomic E-state index is 12.9. The number of hydrogen-bond donors (Lipinski definition) is 0. The number of benzene rings is 1. The molecule has 6 heteroatoms. The van der Waals surface area contributed by atoms with E-state index in [2.05, 4.69) is 0 Å². The Kier molecular flexibility index (Phi) is 5.22. The lowest BCUT2D eigenvalue weighted by atomic mass is 9.72. The molecule has 0 aliphatic carbocycles. The zero-order valence-corrected chi connectivity index (χ0v) is 13.4. The van der Waals surface area contributed by atoms with Crippen LogP contribution in [-0.4, -0.2) is 37.7 Å². The first-order valence-corrected chi connectivity index (χ1v) is 7.75. The summed E-state index contributed by atoms with van der Waals surface area (Å²) in [6, 6.07) is 6.87. The molecule has 23 heavy (non-hydrogen) atoms. The molecule has 1 fully saturated rings. The van der Waals surface area contributed by atoms with Crippen molar-refractivity contribution in [3.8, 4) is 5.75 Å². The molecule has 1 aliphatic rings. The van der Waals surface area contributed by atoms with Crippen molar-refractivity contribution in [2.75, 3.05) is 20.7 Å². The van der Waals surface area contributed by atoms with Crippen molar-refractivity contribution < 1.29 is 22.7 Å². The zero-order chi connectivity index (χ0) is 17.1. The Labute approximate surface area is 134 Å². The molecule has 1 aromatic rings. The molecule has 128 valence electrons. The van der Waals surface area contributed by atoms with Crippen LogP contribution in [0.4, 0.5) is 13.2 Å². The van der Waals surface area contributed by atoms with Crippen molar-refractivity contribution in [1.82, 2.24) is 4.90 Å². The van der Waals surface area contributed by atoms with Crippen LogP contribution in [0, 0.1) is 0 Å². The van der Waals surface area contributed by atoms with Crippen molar-refractivity contribution in [2.24, 2.45) is 0 Å². The first-order valence-electron chi connectivity index (χ1n) is 7.75. The molecule has 1 atom stereocenters. The summed E-state index contributed by atoms with van der Waals surface area (Å²) in [5.74, 6) is 0.320. The molecular formula is C17H22F3NO2. The smallest absolute Gasteiger partial charge is 0.389 e. The van der Waals surface area contributed by atoms with E-state index in [1.807, 2.05) is 0 Å². The minimum Gasteiger partial charge on any atom is -0.497 e. The van der Waals surface area contributed by atoms with Gasteiger partial charge in [0.15, 0.2) is 0 Å². The van der Waals surface area contributed by atoms with Crippen LogP contribution in [0.25, 0.3) is 0 Å². The third kappa shape index (κ3) is 3.98. The monoisotopic (exact) mass is 329 g/mol. The Morgan fingerprint density at radius 3 is 2.70 bits per heavy atom. The van der Waals surface area contributed by atoms with E-state index < -0.39 is 18.0 Å². The second-order valence-corrected chi connectivity index (χ2v) is 6.11. The molecule has 1 amide bonds. The fourth-order valence-electron chi connectivity index (χ4n) is 3.27. The van der Waals surface area contributed by atoms with Gasteiger partial charge >= 0.3 is 6.18 Å². The predicted molar refractivity (Wildman–Crippen MR) is 81.4 cm³/mol. The summed E-state index contributed by atoms with van der Waals surface area (Å²) < 4.78 is 43.6. The molecule has 0 radical (unpaired) electrons. The normalized spacial score (nSPS) is 22.8. The predicted octanol–water partition coefficient (Wildman–Crippen LogP) is 3.92. The number of carbonyl (C=O) groups excluding carboxylic acids is 1. The number of rotatable bonds is 4. The zero-order valence-electron chi connectivity index (χ0n) is 13.4. The Morgan fingerprint density at radius 2 is 2.04 bits per heavy atom. The number of amides is 1. The number of halogens is 3. The highest BCUT2D eigenvalue weighted by molar-refractivity contribution is 5.88. The van der Waals surface area contributed by atoms with Crippen molar-refractivity contribution in [3.05, 3.63) is 29.8 Å². The molecule has 1 saturated heterocycles. The van der Waals surface area contributed by atoms with Gasteiger partial charge in [-0.25, -0.2) is 0 Å². The SMILES string of the molecule is COc1cccc([C@@]2(CCC(F)(F)F)CCCCN(C)C2=O)c1. The second-order valence-electron chi connectivity index (χ2n) is 6.11. The highest BCUT2D eigenvalue weighted by atomic mass is 19.4. The van der Waals surface area contributed by atoms with Gasteiger partial charge in [-0.3, -0.25) is 4.79 Å². The summed E-state index contributed by atoms with van der Waals surface area (Å²) in [6.07, 6.45) is -3.52. The molecule has 0 unspecified atom stereocenters. The van der Waals surface area contributed by atoms with Gasteiger partial charge in [-0.2, -0.15) is 13.2 Å². The van der Waals surface area contributed by atoms with Gasteiger partial charge in [0, 0.05) is 20.0 Å². The number of ether oxygens (including phenoxy) is 1. The van der Waals surface area contributed by atoms with Crippen LogP contribution in [0.1, 0.15) is 37.7 Å². The maximum atomic E-state index is 12.9. The Hall–Kier alpha value is -1.72. The largest absolute Gasteiger partial charge is 0.497 e. The number of methoxy groups -OCH3 is 1.